The molecule has 32 heavy (non-hydrogen) atoms. The van der Waals surface area contributed by atoms with Gasteiger partial charge in [-0.05, 0) is 43.0 Å². The van der Waals surface area contributed by atoms with E-state index in [9.17, 15) is 8.42 Å². The van der Waals surface area contributed by atoms with Gasteiger partial charge in [0.1, 0.15) is 0 Å². The molecule has 0 heterocycles. The van der Waals surface area contributed by atoms with Crippen LogP contribution >= 0.6 is 24.0 Å². The van der Waals surface area contributed by atoms with Crippen LogP contribution in [0.15, 0.2) is 58.4 Å². The van der Waals surface area contributed by atoms with Crippen LogP contribution in [0.2, 0.25) is 0 Å². The van der Waals surface area contributed by atoms with E-state index < -0.39 is 10.0 Å². The van der Waals surface area contributed by atoms with Crippen LogP contribution in [0.25, 0.3) is 0 Å². The third-order valence-corrected chi connectivity index (χ3v) is 6.22. The molecular formula is C23H35IN4O3S. The van der Waals surface area contributed by atoms with Gasteiger partial charge >= 0.3 is 0 Å². The smallest absolute Gasteiger partial charge is 0.240 e. The molecule has 0 aliphatic heterocycles. The Morgan fingerprint density at radius 3 is 2.56 bits per heavy atom. The number of aliphatic imine (C=N–C) groups is 1. The summed E-state index contributed by atoms with van der Waals surface area (Å²) in [6, 6.07) is 15.3. The molecule has 3 N–H and O–H groups in total. The number of sulfonamides is 1. The highest BCUT2D eigenvalue weighted by Crippen LogP contribution is 2.15. The molecule has 178 valence electrons. The predicted octanol–water partition coefficient (Wildman–Crippen LogP) is 3.40. The number of guanidine groups is 1. The maximum absolute atomic E-state index is 12.4. The third kappa shape index (κ3) is 9.43. The van der Waals surface area contributed by atoms with Crippen LogP contribution in [0.5, 0.6) is 0 Å². The number of nitrogens with zero attached hydrogens (tertiary/aromatic N) is 1. The molecule has 0 aliphatic carbocycles. The second-order valence-corrected chi connectivity index (χ2v) is 9.20. The topological polar surface area (TPSA) is 91.8 Å². The molecular weight excluding hydrogens is 539 g/mol. The lowest BCUT2D eigenvalue weighted by molar-refractivity contribution is 0.204. The number of nitrogens with one attached hydrogen (secondary N) is 3. The molecule has 0 fully saturated rings. The lowest BCUT2D eigenvalue weighted by Crippen LogP contribution is -2.39. The SMILES string of the molecule is CCNC(=NCc1cccc(S(=O)(=O)NCCOC)c1)NCC(C)c1cccc(C)c1.I. The molecule has 0 aromatic heterocycles. The minimum atomic E-state index is -3.57. The summed E-state index contributed by atoms with van der Waals surface area (Å²) in [4.78, 5) is 4.85. The van der Waals surface area contributed by atoms with Gasteiger partial charge < -0.3 is 15.4 Å². The monoisotopic (exact) mass is 574 g/mol. The highest BCUT2D eigenvalue weighted by molar-refractivity contribution is 14.0. The van der Waals surface area contributed by atoms with Crippen molar-refractivity contribution in [1.82, 2.24) is 15.4 Å². The van der Waals surface area contributed by atoms with Crippen molar-refractivity contribution in [1.29, 1.82) is 0 Å². The van der Waals surface area contributed by atoms with Crippen molar-refractivity contribution in [2.24, 2.45) is 4.99 Å². The van der Waals surface area contributed by atoms with E-state index in [-0.39, 0.29) is 35.4 Å². The van der Waals surface area contributed by atoms with E-state index in [1.54, 1.807) is 18.2 Å². The molecule has 1 atom stereocenters. The summed E-state index contributed by atoms with van der Waals surface area (Å²) in [5.41, 5.74) is 3.34. The zero-order chi connectivity index (χ0) is 22.7. The van der Waals surface area contributed by atoms with E-state index in [0.717, 1.165) is 18.7 Å². The Bertz CT molecular complexity index is 967. The normalized spacial score (nSPS) is 12.7. The second-order valence-electron chi connectivity index (χ2n) is 7.43. The summed E-state index contributed by atoms with van der Waals surface area (Å²) in [7, 11) is -2.04. The van der Waals surface area contributed by atoms with E-state index in [0.29, 0.717) is 25.0 Å². The van der Waals surface area contributed by atoms with E-state index >= 15 is 0 Å². The number of aryl methyl sites for hydroxylation is 1. The number of benzene rings is 2. The van der Waals surface area contributed by atoms with Gasteiger partial charge in [0, 0.05) is 26.7 Å². The highest BCUT2D eigenvalue weighted by Gasteiger charge is 2.13. The summed E-state index contributed by atoms with van der Waals surface area (Å²) in [5, 5.41) is 6.63. The Hall–Kier alpha value is -1.69. The van der Waals surface area contributed by atoms with E-state index in [1.807, 2.05) is 13.0 Å². The second kappa shape index (κ2) is 14.5. The first-order valence-corrected chi connectivity index (χ1v) is 12.0. The Morgan fingerprint density at radius 1 is 1.12 bits per heavy atom. The van der Waals surface area contributed by atoms with Crippen LogP contribution in [-0.4, -0.2) is 47.7 Å². The zero-order valence-electron chi connectivity index (χ0n) is 19.2. The van der Waals surface area contributed by atoms with Gasteiger partial charge in [-0.15, -0.1) is 24.0 Å². The molecule has 0 aliphatic rings. The first-order valence-electron chi connectivity index (χ1n) is 10.5. The van der Waals surface area contributed by atoms with Gasteiger partial charge in [0.25, 0.3) is 0 Å². The molecule has 1 unspecified atom stereocenters. The van der Waals surface area contributed by atoms with Crippen LogP contribution in [0.4, 0.5) is 0 Å². The molecule has 0 saturated carbocycles. The van der Waals surface area contributed by atoms with Gasteiger partial charge in [0.05, 0.1) is 18.0 Å². The van der Waals surface area contributed by atoms with Gasteiger partial charge in [0.2, 0.25) is 10.0 Å². The first-order chi connectivity index (χ1) is 14.9. The summed E-state index contributed by atoms with van der Waals surface area (Å²) in [6.45, 7) is 8.69. The van der Waals surface area contributed by atoms with Crippen molar-refractivity contribution < 1.29 is 13.2 Å². The highest BCUT2D eigenvalue weighted by atomic mass is 127. The standard InChI is InChI=1S/C23H34N4O3S.HI/c1-5-24-23(25-16-19(3)21-10-6-8-18(2)14-21)26-17-20-9-7-11-22(15-20)31(28,29)27-12-13-30-4;/h6-11,14-15,19,27H,5,12-13,16-17H2,1-4H3,(H2,24,25,26);1H. The Balaban J connectivity index is 0.00000512. The Morgan fingerprint density at radius 2 is 1.88 bits per heavy atom. The molecule has 2 aromatic rings. The van der Waals surface area contributed by atoms with Crippen molar-refractivity contribution in [2.45, 2.75) is 38.1 Å². The average Bonchev–Trinajstić information content (AvgIpc) is 2.75. The Kier molecular flexibility index (Phi) is 12.8. The van der Waals surface area contributed by atoms with Gasteiger partial charge in [-0.1, -0.05) is 48.9 Å². The maximum Gasteiger partial charge on any atom is 0.240 e. The lowest BCUT2D eigenvalue weighted by atomic mass is 9.99. The molecule has 0 amide bonds. The number of ether oxygens (including phenoxy) is 1. The quantitative estimate of drug-likeness (QED) is 0.166. The average molecular weight is 575 g/mol. The number of hydrogen-bond donors (Lipinski definition) is 3. The van der Waals surface area contributed by atoms with Crippen LogP contribution in [0.3, 0.4) is 0 Å². The number of hydrogen-bond acceptors (Lipinski definition) is 4. The fraction of sp³-hybridized carbons (Fsp3) is 0.435. The van der Waals surface area contributed by atoms with Crippen molar-refractivity contribution in [2.75, 3.05) is 33.4 Å². The van der Waals surface area contributed by atoms with Crippen LogP contribution < -0.4 is 15.4 Å². The fourth-order valence-corrected chi connectivity index (χ4v) is 4.11. The molecule has 0 saturated heterocycles. The summed E-state index contributed by atoms with van der Waals surface area (Å²) in [5.74, 6) is 1.03. The maximum atomic E-state index is 12.4. The van der Waals surface area contributed by atoms with Crippen molar-refractivity contribution in [3.05, 3.63) is 65.2 Å². The molecule has 9 heteroatoms. The minimum Gasteiger partial charge on any atom is -0.383 e. The van der Waals surface area contributed by atoms with Crippen LogP contribution in [0.1, 0.15) is 36.5 Å². The van der Waals surface area contributed by atoms with Crippen molar-refractivity contribution in [3.63, 3.8) is 0 Å². The Labute approximate surface area is 209 Å². The molecule has 0 radical (unpaired) electrons. The largest absolute Gasteiger partial charge is 0.383 e. The summed E-state index contributed by atoms with van der Waals surface area (Å²) < 4.78 is 32.2. The van der Waals surface area contributed by atoms with Crippen LogP contribution in [-0.2, 0) is 21.3 Å². The number of rotatable bonds is 11. The summed E-state index contributed by atoms with van der Waals surface area (Å²) in [6.07, 6.45) is 0. The van der Waals surface area contributed by atoms with E-state index in [4.69, 9.17) is 4.74 Å². The zero-order valence-corrected chi connectivity index (χ0v) is 22.4. The van der Waals surface area contributed by atoms with E-state index in [2.05, 4.69) is 58.5 Å². The first kappa shape index (κ1) is 28.3. The molecule has 2 aromatic carbocycles. The number of methoxy groups -OCH3 is 1. The molecule has 0 spiro atoms. The lowest BCUT2D eigenvalue weighted by Gasteiger charge is -2.17. The van der Waals surface area contributed by atoms with Crippen molar-refractivity contribution in [3.8, 4) is 0 Å². The van der Waals surface area contributed by atoms with Gasteiger partial charge in [-0.2, -0.15) is 0 Å². The fourth-order valence-electron chi connectivity index (χ4n) is 3.03. The van der Waals surface area contributed by atoms with Crippen LogP contribution in [0, 0.1) is 6.92 Å². The van der Waals surface area contributed by atoms with E-state index in [1.165, 1.54) is 18.2 Å². The van der Waals surface area contributed by atoms with Gasteiger partial charge in [-0.25, -0.2) is 18.1 Å². The minimum absolute atomic E-state index is 0. The third-order valence-electron chi connectivity index (χ3n) is 4.76. The molecule has 2 rings (SSSR count). The predicted molar refractivity (Wildman–Crippen MR) is 141 cm³/mol. The molecule has 0 bridgehead atoms. The number of halogens is 1. The van der Waals surface area contributed by atoms with Gasteiger partial charge in [-0.3, -0.25) is 0 Å². The van der Waals surface area contributed by atoms with Gasteiger partial charge in [0.15, 0.2) is 5.96 Å². The van der Waals surface area contributed by atoms with Crippen molar-refractivity contribution >= 4 is 40.0 Å². The molecule has 7 nitrogen and oxygen atoms in total. The summed E-state index contributed by atoms with van der Waals surface area (Å²) >= 11 is 0.